The zero-order valence-corrected chi connectivity index (χ0v) is 16.1. The number of ether oxygens (including phenoxy) is 1. The molecule has 0 saturated carbocycles. The first-order chi connectivity index (χ1) is 13.7. The highest BCUT2D eigenvalue weighted by Gasteiger charge is 2.18. The Bertz CT molecular complexity index is 1060. The van der Waals surface area contributed by atoms with Crippen LogP contribution in [0.5, 0.6) is 5.75 Å². The number of thiophene rings is 1. The summed E-state index contributed by atoms with van der Waals surface area (Å²) in [6.07, 6.45) is 0. The molecule has 140 valence electrons. The van der Waals surface area contributed by atoms with E-state index in [4.69, 9.17) is 4.74 Å². The van der Waals surface area contributed by atoms with Crippen LogP contribution < -0.4 is 10.1 Å². The molecule has 2 heterocycles. The normalized spacial score (nSPS) is 10.6. The molecule has 0 fully saturated rings. The summed E-state index contributed by atoms with van der Waals surface area (Å²) in [6, 6.07) is 23.1. The van der Waals surface area contributed by atoms with Crippen LogP contribution in [0.15, 0.2) is 78.2 Å². The second kappa shape index (κ2) is 8.10. The third-order valence-corrected chi connectivity index (χ3v) is 5.22. The molecule has 0 aliphatic carbocycles. The Kier molecular flexibility index (Phi) is 5.21. The van der Waals surface area contributed by atoms with E-state index in [2.05, 4.69) is 10.4 Å². The lowest BCUT2D eigenvalue weighted by Gasteiger charge is -2.09. The number of nitrogens with zero attached hydrogens (tertiary/aromatic N) is 2. The number of amides is 1. The molecule has 1 N–H and O–H groups in total. The maximum Gasteiger partial charge on any atom is 0.270 e. The Morgan fingerprint density at radius 1 is 1.07 bits per heavy atom. The summed E-state index contributed by atoms with van der Waals surface area (Å²) in [7, 11) is 1.63. The standard InChI is InChI=1S/C22H19N3O2S/c1-27-18-11-9-17(10-12-18)25-20(14-19(24-25)21-8-5-13-28-21)22(26)23-15-16-6-3-2-4-7-16/h2-14H,15H2,1H3,(H,23,26). The van der Waals surface area contributed by atoms with E-state index in [9.17, 15) is 4.79 Å². The summed E-state index contributed by atoms with van der Waals surface area (Å²) in [5.41, 5.74) is 3.11. The van der Waals surface area contributed by atoms with Gasteiger partial charge in [0.25, 0.3) is 5.91 Å². The third kappa shape index (κ3) is 3.82. The van der Waals surface area contributed by atoms with Gasteiger partial charge in [-0.05, 0) is 47.3 Å². The SMILES string of the molecule is COc1ccc(-n2nc(-c3cccs3)cc2C(=O)NCc2ccccc2)cc1. The smallest absolute Gasteiger partial charge is 0.270 e. The summed E-state index contributed by atoms with van der Waals surface area (Å²) in [4.78, 5) is 13.9. The molecule has 2 aromatic heterocycles. The van der Waals surface area contributed by atoms with Crippen molar-refractivity contribution in [1.82, 2.24) is 15.1 Å². The van der Waals surface area contributed by atoms with E-state index in [-0.39, 0.29) is 5.91 Å². The Labute approximate surface area is 167 Å². The molecule has 4 rings (SSSR count). The summed E-state index contributed by atoms with van der Waals surface area (Å²) in [5.74, 6) is 0.583. The van der Waals surface area contributed by atoms with Crippen molar-refractivity contribution in [3.05, 3.63) is 89.4 Å². The quantitative estimate of drug-likeness (QED) is 0.527. The fraction of sp³-hybridized carbons (Fsp3) is 0.0909. The number of hydrogen-bond donors (Lipinski definition) is 1. The van der Waals surface area contributed by atoms with Crippen molar-refractivity contribution in [2.75, 3.05) is 7.11 Å². The highest BCUT2D eigenvalue weighted by molar-refractivity contribution is 7.13. The molecule has 5 nitrogen and oxygen atoms in total. The van der Waals surface area contributed by atoms with Crippen LogP contribution in [-0.4, -0.2) is 22.8 Å². The molecule has 0 radical (unpaired) electrons. The van der Waals surface area contributed by atoms with Gasteiger partial charge in [0.15, 0.2) is 0 Å². The van der Waals surface area contributed by atoms with Crippen molar-refractivity contribution < 1.29 is 9.53 Å². The molecule has 0 bridgehead atoms. The third-order valence-electron chi connectivity index (χ3n) is 4.33. The molecule has 2 aromatic carbocycles. The van der Waals surface area contributed by atoms with Gasteiger partial charge in [0.1, 0.15) is 17.1 Å². The van der Waals surface area contributed by atoms with E-state index in [0.717, 1.165) is 27.6 Å². The zero-order valence-electron chi connectivity index (χ0n) is 15.3. The second-order valence-corrected chi connectivity index (χ2v) is 7.12. The molecule has 0 spiro atoms. The summed E-state index contributed by atoms with van der Waals surface area (Å²) < 4.78 is 6.90. The predicted octanol–water partition coefficient (Wildman–Crippen LogP) is 4.54. The van der Waals surface area contributed by atoms with Gasteiger partial charge < -0.3 is 10.1 Å². The van der Waals surface area contributed by atoms with E-state index in [1.165, 1.54) is 0 Å². The molecule has 0 atom stereocenters. The second-order valence-electron chi connectivity index (χ2n) is 6.17. The van der Waals surface area contributed by atoms with Crippen molar-refractivity contribution >= 4 is 17.2 Å². The van der Waals surface area contributed by atoms with Gasteiger partial charge in [-0.3, -0.25) is 4.79 Å². The molecule has 1 amide bonds. The first-order valence-electron chi connectivity index (χ1n) is 8.85. The van der Waals surface area contributed by atoms with E-state index < -0.39 is 0 Å². The van der Waals surface area contributed by atoms with Gasteiger partial charge in [-0.2, -0.15) is 5.10 Å². The number of benzene rings is 2. The largest absolute Gasteiger partial charge is 0.497 e. The minimum absolute atomic E-state index is 0.171. The first-order valence-corrected chi connectivity index (χ1v) is 9.73. The fourth-order valence-corrected chi connectivity index (χ4v) is 3.56. The molecular weight excluding hydrogens is 370 g/mol. The number of hydrogen-bond acceptors (Lipinski definition) is 4. The Balaban J connectivity index is 1.66. The van der Waals surface area contributed by atoms with Crippen molar-refractivity contribution in [3.63, 3.8) is 0 Å². The molecule has 0 saturated heterocycles. The average Bonchev–Trinajstić information content (AvgIpc) is 3.43. The summed E-state index contributed by atoms with van der Waals surface area (Å²) in [5, 5.41) is 9.66. The Morgan fingerprint density at radius 2 is 1.86 bits per heavy atom. The monoisotopic (exact) mass is 389 g/mol. The Morgan fingerprint density at radius 3 is 2.54 bits per heavy atom. The number of methoxy groups -OCH3 is 1. The number of carbonyl (C=O) groups is 1. The topological polar surface area (TPSA) is 56.2 Å². The van der Waals surface area contributed by atoms with E-state index in [1.807, 2.05) is 78.2 Å². The van der Waals surface area contributed by atoms with Gasteiger partial charge in [-0.15, -0.1) is 11.3 Å². The predicted molar refractivity (Wildman–Crippen MR) is 111 cm³/mol. The van der Waals surface area contributed by atoms with Gasteiger partial charge in [-0.25, -0.2) is 4.68 Å². The lowest BCUT2D eigenvalue weighted by atomic mass is 10.2. The minimum atomic E-state index is -0.171. The van der Waals surface area contributed by atoms with Gasteiger partial charge in [0.2, 0.25) is 0 Å². The highest BCUT2D eigenvalue weighted by atomic mass is 32.1. The zero-order chi connectivity index (χ0) is 19.3. The fourth-order valence-electron chi connectivity index (χ4n) is 2.88. The van der Waals surface area contributed by atoms with E-state index in [1.54, 1.807) is 23.1 Å². The van der Waals surface area contributed by atoms with E-state index >= 15 is 0 Å². The number of rotatable bonds is 6. The number of nitrogens with one attached hydrogen (secondary N) is 1. The molecule has 28 heavy (non-hydrogen) atoms. The van der Waals surface area contributed by atoms with Gasteiger partial charge >= 0.3 is 0 Å². The minimum Gasteiger partial charge on any atom is -0.497 e. The molecular formula is C22H19N3O2S. The first kappa shape index (κ1) is 18.0. The van der Waals surface area contributed by atoms with Gasteiger partial charge in [0.05, 0.1) is 17.7 Å². The average molecular weight is 389 g/mol. The lowest BCUT2D eigenvalue weighted by Crippen LogP contribution is -2.25. The maximum absolute atomic E-state index is 12.9. The van der Waals surface area contributed by atoms with E-state index in [0.29, 0.717) is 12.2 Å². The molecule has 6 heteroatoms. The van der Waals surface area contributed by atoms with Crippen molar-refractivity contribution in [2.24, 2.45) is 0 Å². The van der Waals surface area contributed by atoms with Crippen LogP contribution in [0.4, 0.5) is 0 Å². The van der Waals surface area contributed by atoms with Crippen molar-refractivity contribution in [2.45, 2.75) is 6.54 Å². The highest BCUT2D eigenvalue weighted by Crippen LogP contribution is 2.26. The van der Waals surface area contributed by atoms with Crippen LogP contribution in [-0.2, 0) is 6.54 Å². The maximum atomic E-state index is 12.9. The number of carbonyl (C=O) groups excluding carboxylic acids is 1. The van der Waals surface area contributed by atoms with Gasteiger partial charge in [0, 0.05) is 6.54 Å². The molecule has 4 aromatic rings. The summed E-state index contributed by atoms with van der Waals surface area (Å²) in [6.45, 7) is 0.460. The summed E-state index contributed by atoms with van der Waals surface area (Å²) >= 11 is 1.59. The Hall–Kier alpha value is -3.38. The molecule has 0 aliphatic heterocycles. The van der Waals surface area contributed by atoms with Crippen molar-refractivity contribution in [3.8, 4) is 22.0 Å². The van der Waals surface area contributed by atoms with Crippen molar-refractivity contribution in [1.29, 1.82) is 0 Å². The molecule has 0 unspecified atom stereocenters. The van der Waals surface area contributed by atoms with Crippen LogP contribution in [0, 0.1) is 0 Å². The lowest BCUT2D eigenvalue weighted by molar-refractivity contribution is 0.0943. The van der Waals surface area contributed by atoms with Gasteiger partial charge in [-0.1, -0.05) is 36.4 Å². The molecule has 0 aliphatic rings. The number of aromatic nitrogens is 2. The van der Waals surface area contributed by atoms with Crippen LogP contribution in [0.1, 0.15) is 16.1 Å². The van der Waals surface area contributed by atoms with Crippen LogP contribution in [0.25, 0.3) is 16.3 Å². The van der Waals surface area contributed by atoms with Crippen LogP contribution in [0.2, 0.25) is 0 Å². The van der Waals surface area contributed by atoms with Crippen LogP contribution >= 0.6 is 11.3 Å². The van der Waals surface area contributed by atoms with Crippen LogP contribution in [0.3, 0.4) is 0 Å².